The van der Waals surface area contributed by atoms with Crippen molar-refractivity contribution in [2.75, 3.05) is 0 Å². The fraction of sp³-hybridized carbons (Fsp3) is 0.533. The molecule has 5 heteroatoms. The van der Waals surface area contributed by atoms with E-state index in [1.54, 1.807) is 25.7 Å². The van der Waals surface area contributed by atoms with Gasteiger partial charge in [-0.25, -0.2) is 4.79 Å². The second-order valence-electron chi connectivity index (χ2n) is 6.34. The summed E-state index contributed by atoms with van der Waals surface area (Å²) in [5.74, 6) is -0.325. The highest BCUT2D eigenvalue weighted by atomic mass is 16.6. The monoisotopic (exact) mass is 275 g/mol. The van der Waals surface area contributed by atoms with Crippen LogP contribution in [-0.2, 0) is 15.1 Å². The Morgan fingerprint density at radius 3 is 2.60 bits per heavy atom. The van der Waals surface area contributed by atoms with Crippen molar-refractivity contribution in [1.29, 1.82) is 0 Å². The molecule has 0 saturated heterocycles. The van der Waals surface area contributed by atoms with Crippen LogP contribution >= 0.6 is 0 Å². The zero-order valence-electron chi connectivity index (χ0n) is 12.6. The fourth-order valence-corrected chi connectivity index (χ4v) is 2.21. The summed E-state index contributed by atoms with van der Waals surface area (Å²) in [5, 5.41) is 3.05. The van der Waals surface area contributed by atoms with Crippen LogP contribution in [0.25, 0.3) is 0 Å². The minimum atomic E-state index is -0.955. The van der Waals surface area contributed by atoms with Crippen molar-refractivity contribution >= 4 is 12.3 Å². The number of nitrogens with zero attached hydrogens (tertiary/aromatic N) is 2. The maximum absolute atomic E-state index is 12.6. The molecule has 2 heterocycles. The number of ether oxygens (including phenoxy) is 1. The van der Waals surface area contributed by atoms with E-state index in [2.05, 4.69) is 15.3 Å². The van der Waals surface area contributed by atoms with Gasteiger partial charge in [0.2, 0.25) is 0 Å². The van der Waals surface area contributed by atoms with Crippen molar-refractivity contribution in [3.63, 3.8) is 0 Å². The van der Waals surface area contributed by atoms with Crippen molar-refractivity contribution in [1.82, 2.24) is 10.3 Å². The van der Waals surface area contributed by atoms with E-state index in [-0.39, 0.29) is 5.97 Å². The lowest BCUT2D eigenvalue weighted by Crippen LogP contribution is -2.59. The molecule has 0 saturated carbocycles. The molecule has 5 nitrogen and oxygen atoms in total. The summed E-state index contributed by atoms with van der Waals surface area (Å²) in [4.78, 5) is 21.2. The number of rotatable bonds is 2. The first kappa shape index (κ1) is 14.5. The molecule has 1 aliphatic rings. The predicted octanol–water partition coefficient (Wildman–Crippen LogP) is 2.03. The molecular weight excluding hydrogens is 254 g/mol. The Morgan fingerprint density at radius 1 is 1.35 bits per heavy atom. The van der Waals surface area contributed by atoms with Crippen LogP contribution in [-0.4, -0.2) is 28.4 Å². The average Bonchev–Trinajstić information content (AvgIpc) is 2.67. The predicted molar refractivity (Wildman–Crippen MR) is 77.5 cm³/mol. The summed E-state index contributed by atoms with van der Waals surface area (Å²) >= 11 is 0. The standard InChI is InChI=1S/C15H21N3O2/c1-13(2,3)20-12(19)15(5)14(4,17-10-18-15)11-7-6-8-16-9-11/h6-10H,1-5H3,(H,17,18)/t14-,15-/m0/s1. The summed E-state index contributed by atoms with van der Waals surface area (Å²) in [7, 11) is 0. The number of aliphatic imine (C=N–C) groups is 1. The van der Waals surface area contributed by atoms with Gasteiger partial charge < -0.3 is 10.1 Å². The SMILES string of the molecule is CC(C)(C)OC(=O)[C@]1(C)NC=N[C@@]1(C)c1cccnc1. The highest BCUT2D eigenvalue weighted by Crippen LogP contribution is 2.40. The van der Waals surface area contributed by atoms with Gasteiger partial charge in [-0.2, -0.15) is 0 Å². The van der Waals surface area contributed by atoms with Gasteiger partial charge in [0.15, 0.2) is 5.54 Å². The Labute approximate surface area is 119 Å². The van der Waals surface area contributed by atoms with Crippen LogP contribution in [0.1, 0.15) is 40.2 Å². The number of nitrogens with one attached hydrogen (secondary N) is 1. The third-order valence-corrected chi connectivity index (χ3v) is 3.68. The largest absolute Gasteiger partial charge is 0.458 e. The molecule has 108 valence electrons. The Kier molecular flexibility index (Phi) is 3.32. The molecule has 20 heavy (non-hydrogen) atoms. The van der Waals surface area contributed by atoms with E-state index in [4.69, 9.17) is 4.74 Å². The molecule has 2 rings (SSSR count). The van der Waals surface area contributed by atoms with Crippen LogP contribution in [0.4, 0.5) is 0 Å². The highest BCUT2D eigenvalue weighted by Gasteiger charge is 2.55. The molecule has 1 aliphatic heterocycles. The molecule has 0 amide bonds. The summed E-state index contributed by atoms with van der Waals surface area (Å²) in [6, 6.07) is 3.75. The van der Waals surface area contributed by atoms with E-state index in [0.717, 1.165) is 5.56 Å². The first-order valence-corrected chi connectivity index (χ1v) is 6.64. The van der Waals surface area contributed by atoms with E-state index in [1.165, 1.54) is 0 Å². The number of hydrogen-bond donors (Lipinski definition) is 1. The van der Waals surface area contributed by atoms with Crippen LogP contribution in [0.15, 0.2) is 29.5 Å². The second-order valence-corrected chi connectivity index (χ2v) is 6.34. The van der Waals surface area contributed by atoms with Crippen molar-refractivity contribution in [2.45, 2.75) is 51.3 Å². The minimum Gasteiger partial charge on any atom is -0.458 e. The number of carbonyl (C=O) groups excluding carboxylic acids is 1. The molecule has 0 spiro atoms. The van der Waals surface area contributed by atoms with E-state index in [9.17, 15) is 4.79 Å². The first-order chi connectivity index (χ1) is 9.19. The van der Waals surface area contributed by atoms with Gasteiger partial charge in [0.1, 0.15) is 11.1 Å². The summed E-state index contributed by atoms with van der Waals surface area (Å²) in [6.07, 6.45) is 4.99. The molecule has 1 aromatic rings. The van der Waals surface area contributed by atoms with Crippen LogP contribution in [0.3, 0.4) is 0 Å². The Balaban J connectivity index is 2.39. The zero-order valence-corrected chi connectivity index (χ0v) is 12.6. The molecule has 2 atom stereocenters. The van der Waals surface area contributed by atoms with Crippen molar-refractivity contribution in [3.05, 3.63) is 30.1 Å². The van der Waals surface area contributed by atoms with Gasteiger partial charge in [0.25, 0.3) is 0 Å². The smallest absolute Gasteiger partial charge is 0.334 e. The number of pyridine rings is 1. The van der Waals surface area contributed by atoms with Gasteiger partial charge >= 0.3 is 5.97 Å². The maximum Gasteiger partial charge on any atom is 0.334 e. The maximum atomic E-state index is 12.6. The quantitative estimate of drug-likeness (QED) is 0.839. The van der Waals surface area contributed by atoms with Gasteiger partial charge in [0.05, 0.1) is 6.34 Å². The molecule has 1 aromatic heterocycles. The lowest BCUT2D eigenvalue weighted by atomic mass is 9.76. The van der Waals surface area contributed by atoms with Gasteiger partial charge in [-0.15, -0.1) is 0 Å². The highest BCUT2D eigenvalue weighted by molar-refractivity contribution is 5.88. The number of hydrogen-bond acceptors (Lipinski definition) is 5. The van der Waals surface area contributed by atoms with Crippen molar-refractivity contribution in [2.24, 2.45) is 4.99 Å². The summed E-state index contributed by atoms with van der Waals surface area (Å²) < 4.78 is 5.54. The van der Waals surface area contributed by atoms with Crippen LogP contribution in [0, 0.1) is 0 Å². The van der Waals surface area contributed by atoms with Crippen LogP contribution in [0.2, 0.25) is 0 Å². The van der Waals surface area contributed by atoms with Crippen molar-refractivity contribution < 1.29 is 9.53 Å². The lowest BCUT2D eigenvalue weighted by molar-refractivity contribution is -0.164. The number of esters is 1. The van der Waals surface area contributed by atoms with E-state index in [0.29, 0.717) is 0 Å². The normalized spacial score (nSPS) is 29.1. The third-order valence-electron chi connectivity index (χ3n) is 3.68. The fourth-order valence-electron chi connectivity index (χ4n) is 2.21. The van der Waals surface area contributed by atoms with Gasteiger partial charge in [0, 0.05) is 18.0 Å². The van der Waals surface area contributed by atoms with E-state index < -0.39 is 16.7 Å². The minimum absolute atomic E-state index is 0.325. The Morgan fingerprint density at radius 2 is 2.05 bits per heavy atom. The molecule has 0 radical (unpaired) electrons. The second kappa shape index (κ2) is 4.58. The van der Waals surface area contributed by atoms with Crippen LogP contribution in [0.5, 0.6) is 0 Å². The average molecular weight is 275 g/mol. The van der Waals surface area contributed by atoms with Gasteiger partial charge in [-0.3, -0.25) is 9.98 Å². The number of aromatic nitrogens is 1. The molecule has 1 N–H and O–H groups in total. The van der Waals surface area contributed by atoms with E-state index >= 15 is 0 Å². The molecule has 0 aliphatic carbocycles. The molecular formula is C15H21N3O2. The summed E-state index contributed by atoms with van der Waals surface area (Å²) in [6.45, 7) is 9.27. The zero-order chi connectivity index (χ0) is 15.0. The first-order valence-electron chi connectivity index (χ1n) is 6.64. The van der Waals surface area contributed by atoms with Crippen molar-refractivity contribution in [3.8, 4) is 0 Å². The Bertz CT molecular complexity index is 536. The molecule has 0 unspecified atom stereocenters. The molecule has 0 aromatic carbocycles. The lowest BCUT2D eigenvalue weighted by Gasteiger charge is -2.38. The molecule has 0 bridgehead atoms. The third kappa shape index (κ3) is 2.28. The molecule has 0 fully saturated rings. The Hall–Kier alpha value is -1.91. The summed E-state index contributed by atoms with van der Waals surface area (Å²) in [5.41, 5.74) is -1.37. The number of carbonyl (C=O) groups is 1. The topological polar surface area (TPSA) is 63.6 Å². The van der Waals surface area contributed by atoms with Gasteiger partial charge in [-0.1, -0.05) is 6.07 Å². The van der Waals surface area contributed by atoms with Gasteiger partial charge in [-0.05, 0) is 40.7 Å². The van der Waals surface area contributed by atoms with Crippen LogP contribution < -0.4 is 5.32 Å². The van der Waals surface area contributed by atoms with E-state index in [1.807, 2.05) is 39.8 Å².